The molecule has 0 atom stereocenters. The van der Waals surface area contributed by atoms with Crippen molar-refractivity contribution >= 4 is 46.4 Å². The fraction of sp³-hybridized carbons (Fsp3) is 0.235. The number of benzene rings is 2. The molecular weight excluding hydrogens is 370 g/mol. The molecule has 0 saturated carbocycles. The molecular formula is C17H17ClF2N2S2. The molecule has 0 aromatic heterocycles. The summed E-state index contributed by atoms with van der Waals surface area (Å²) in [6, 6.07) is 11.1. The van der Waals surface area contributed by atoms with E-state index in [0.29, 0.717) is 23.1 Å². The molecule has 0 unspecified atom stereocenters. The molecule has 2 rings (SSSR count). The van der Waals surface area contributed by atoms with E-state index in [2.05, 4.69) is 10.6 Å². The molecule has 2 N–H and O–H groups in total. The van der Waals surface area contributed by atoms with Crippen LogP contribution in [0, 0.1) is 11.6 Å². The van der Waals surface area contributed by atoms with Gasteiger partial charge in [-0.3, -0.25) is 0 Å². The van der Waals surface area contributed by atoms with Crippen molar-refractivity contribution in [3.63, 3.8) is 0 Å². The fourth-order valence-corrected chi connectivity index (χ4v) is 3.27. The average Bonchev–Trinajstić information content (AvgIpc) is 2.56. The van der Waals surface area contributed by atoms with Crippen molar-refractivity contribution in [1.82, 2.24) is 5.32 Å². The Morgan fingerprint density at radius 3 is 2.67 bits per heavy atom. The summed E-state index contributed by atoms with van der Waals surface area (Å²) in [4.78, 5) is 0. The lowest BCUT2D eigenvalue weighted by molar-refractivity contribution is 0.617. The van der Waals surface area contributed by atoms with Crippen LogP contribution in [0.1, 0.15) is 12.0 Å². The summed E-state index contributed by atoms with van der Waals surface area (Å²) in [6.07, 6.45) is 0.894. The van der Waals surface area contributed by atoms with Crippen molar-refractivity contribution in [1.29, 1.82) is 0 Å². The summed E-state index contributed by atoms with van der Waals surface area (Å²) in [6.45, 7) is 0.699. The van der Waals surface area contributed by atoms with E-state index in [1.807, 2.05) is 6.07 Å². The number of halogens is 3. The number of anilines is 1. The summed E-state index contributed by atoms with van der Waals surface area (Å²) < 4.78 is 26.5. The predicted octanol–water partition coefficient (Wildman–Crippen LogP) is 5.23. The average molecular weight is 387 g/mol. The van der Waals surface area contributed by atoms with Crippen molar-refractivity contribution in [3.8, 4) is 0 Å². The van der Waals surface area contributed by atoms with E-state index in [-0.39, 0.29) is 10.8 Å². The molecule has 0 fully saturated rings. The number of thioether (sulfide) groups is 1. The molecule has 2 nitrogen and oxygen atoms in total. The lowest BCUT2D eigenvalue weighted by atomic mass is 10.2. The van der Waals surface area contributed by atoms with E-state index in [9.17, 15) is 8.78 Å². The van der Waals surface area contributed by atoms with Crippen molar-refractivity contribution < 1.29 is 8.78 Å². The second-order valence-electron chi connectivity index (χ2n) is 5.01. The molecule has 0 radical (unpaired) electrons. The smallest absolute Gasteiger partial charge is 0.170 e. The summed E-state index contributed by atoms with van der Waals surface area (Å²) in [5.41, 5.74) is 1.36. The van der Waals surface area contributed by atoms with Crippen molar-refractivity contribution in [2.75, 3.05) is 17.6 Å². The zero-order chi connectivity index (χ0) is 17.4. The van der Waals surface area contributed by atoms with Gasteiger partial charge in [-0.15, -0.1) is 0 Å². The van der Waals surface area contributed by atoms with Crippen LogP contribution in [-0.4, -0.2) is 17.4 Å². The Bertz CT molecular complexity index is 698. The second kappa shape index (κ2) is 9.81. The monoisotopic (exact) mass is 386 g/mol. The maximum absolute atomic E-state index is 13.4. The zero-order valence-corrected chi connectivity index (χ0v) is 15.2. The third-order valence-electron chi connectivity index (χ3n) is 3.14. The number of nitrogens with one attached hydrogen (secondary N) is 2. The molecule has 2 aromatic carbocycles. The Labute approximate surface area is 155 Å². The quantitative estimate of drug-likeness (QED) is 0.502. The standard InChI is InChI=1S/C17H17ClF2N2S2/c18-14-10-13(6-7-16(14)20)22-17(23)21-8-3-9-24-11-12-4-1-2-5-15(12)19/h1-2,4-7,10H,3,8-9,11H2,(H2,21,22,23). The minimum Gasteiger partial charge on any atom is -0.362 e. The molecule has 0 aliphatic rings. The van der Waals surface area contributed by atoms with Gasteiger partial charge in [0.25, 0.3) is 0 Å². The van der Waals surface area contributed by atoms with Gasteiger partial charge in [-0.2, -0.15) is 11.8 Å². The van der Waals surface area contributed by atoms with E-state index >= 15 is 0 Å². The van der Waals surface area contributed by atoms with Crippen LogP contribution >= 0.6 is 35.6 Å². The summed E-state index contributed by atoms with van der Waals surface area (Å²) >= 11 is 12.6. The van der Waals surface area contributed by atoms with Crippen molar-refractivity contribution in [2.24, 2.45) is 0 Å². The highest BCUT2D eigenvalue weighted by molar-refractivity contribution is 7.98. The molecule has 24 heavy (non-hydrogen) atoms. The van der Waals surface area contributed by atoms with E-state index < -0.39 is 5.82 Å². The van der Waals surface area contributed by atoms with Gasteiger partial charge in [0.2, 0.25) is 0 Å². The van der Waals surface area contributed by atoms with E-state index in [4.69, 9.17) is 23.8 Å². The third kappa shape index (κ3) is 6.26. The molecule has 0 aliphatic carbocycles. The molecule has 2 aromatic rings. The number of hydrogen-bond donors (Lipinski definition) is 2. The van der Waals surface area contributed by atoms with Gasteiger partial charge in [-0.05, 0) is 54.2 Å². The van der Waals surface area contributed by atoms with Crippen LogP contribution in [-0.2, 0) is 5.75 Å². The Morgan fingerprint density at radius 2 is 1.92 bits per heavy atom. The molecule has 0 spiro atoms. The molecule has 0 aliphatic heterocycles. The maximum Gasteiger partial charge on any atom is 0.170 e. The van der Waals surface area contributed by atoms with Crippen molar-refractivity contribution in [2.45, 2.75) is 12.2 Å². The van der Waals surface area contributed by atoms with Gasteiger partial charge in [-0.1, -0.05) is 29.8 Å². The normalized spacial score (nSPS) is 10.5. The van der Waals surface area contributed by atoms with Gasteiger partial charge in [0.05, 0.1) is 5.02 Å². The summed E-state index contributed by atoms with van der Waals surface area (Å²) in [5, 5.41) is 6.52. The minimum atomic E-state index is -0.465. The number of hydrogen-bond acceptors (Lipinski definition) is 2. The van der Waals surface area contributed by atoms with Crippen LogP contribution in [0.5, 0.6) is 0 Å². The topological polar surface area (TPSA) is 24.1 Å². The van der Waals surface area contributed by atoms with E-state index in [1.54, 1.807) is 30.0 Å². The Morgan fingerprint density at radius 1 is 1.12 bits per heavy atom. The minimum absolute atomic E-state index is 0.0485. The molecule has 0 heterocycles. The van der Waals surface area contributed by atoms with Gasteiger partial charge in [0.15, 0.2) is 5.11 Å². The number of thiocarbonyl (C=S) groups is 1. The highest BCUT2D eigenvalue weighted by Crippen LogP contribution is 2.19. The Balaban J connectivity index is 1.61. The zero-order valence-electron chi connectivity index (χ0n) is 12.8. The summed E-state index contributed by atoms with van der Waals surface area (Å²) in [5.74, 6) is 0.926. The van der Waals surface area contributed by atoms with Gasteiger partial charge >= 0.3 is 0 Å². The first-order valence-corrected chi connectivity index (χ1v) is 9.31. The van der Waals surface area contributed by atoms with Crippen LogP contribution in [0.2, 0.25) is 5.02 Å². The van der Waals surface area contributed by atoms with Crippen LogP contribution in [0.15, 0.2) is 42.5 Å². The first kappa shape index (κ1) is 19.0. The van der Waals surface area contributed by atoms with Crippen LogP contribution in [0.3, 0.4) is 0 Å². The molecule has 128 valence electrons. The molecule has 0 bridgehead atoms. The van der Waals surface area contributed by atoms with E-state index in [1.165, 1.54) is 18.2 Å². The van der Waals surface area contributed by atoms with Crippen LogP contribution in [0.25, 0.3) is 0 Å². The fourth-order valence-electron chi connectivity index (χ4n) is 1.92. The largest absolute Gasteiger partial charge is 0.362 e. The van der Waals surface area contributed by atoms with Crippen molar-refractivity contribution in [3.05, 3.63) is 64.7 Å². The second-order valence-corrected chi connectivity index (χ2v) is 6.93. The highest BCUT2D eigenvalue weighted by Gasteiger charge is 2.03. The van der Waals surface area contributed by atoms with Gasteiger partial charge in [0.1, 0.15) is 11.6 Å². The maximum atomic E-state index is 13.4. The third-order valence-corrected chi connectivity index (χ3v) is 4.77. The van der Waals surface area contributed by atoms with E-state index in [0.717, 1.165) is 17.7 Å². The van der Waals surface area contributed by atoms with Gasteiger partial charge in [0, 0.05) is 18.0 Å². The molecule has 0 saturated heterocycles. The Kier molecular flexibility index (Phi) is 7.75. The summed E-state index contributed by atoms with van der Waals surface area (Å²) in [7, 11) is 0. The highest BCUT2D eigenvalue weighted by atomic mass is 35.5. The number of rotatable bonds is 7. The Hall–Kier alpha value is -1.37. The lowest BCUT2D eigenvalue weighted by Crippen LogP contribution is -2.29. The van der Waals surface area contributed by atoms with Gasteiger partial charge in [-0.25, -0.2) is 8.78 Å². The first-order chi connectivity index (χ1) is 11.6. The first-order valence-electron chi connectivity index (χ1n) is 7.37. The predicted molar refractivity (Wildman–Crippen MR) is 103 cm³/mol. The van der Waals surface area contributed by atoms with Gasteiger partial charge < -0.3 is 10.6 Å². The SMILES string of the molecule is Fc1ccc(NC(=S)NCCCSCc2ccccc2F)cc1Cl. The molecule has 0 amide bonds. The van der Waals surface area contributed by atoms with Crippen LogP contribution < -0.4 is 10.6 Å². The lowest BCUT2D eigenvalue weighted by Gasteiger charge is -2.11. The van der Waals surface area contributed by atoms with Crippen LogP contribution in [0.4, 0.5) is 14.5 Å². The molecule has 7 heteroatoms.